The lowest BCUT2D eigenvalue weighted by Gasteiger charge is -2.49. The molecule has 0 heterocycles. The first-order chi connectivity index (χ1) is 15.7. The number of carbonyl (C=O) groups is 1. The Morgan fingerprint density at radius 2 is 1.97 bits per heavy atom. The van der Waals surface area contributed by atoms with E-state index in [1.54, 1.807) is 12.1 Å². The Hall–Kier alpha value is -2.44. The molecule has 3 aliphatic carbocycles. The maximum absolute atomic E-state index is 12.7. The van der Waals surface area contributed by atoms with E-state index in [4.69, 9.17) is 9.88 Å². The lowest BCUT2D eigenvalue weighted by atomic mass is 9.56. The molecule has 2 fully saturated rings. The highest BCUT2D eigenvalue weighted by Crippen LogP contribution is 2.64. The van der Waals surface area contributed by atoms with Crippen LogP contribution in [0.2, 0.25) is 0 Å². The summed E-state index contributed by atoms with van der Waals surface area (Å²) in [7, 11) is -3.99. The van der Waals surface area contributed by atoms with Crippen molar-refractivity contribution in [1.29, 1.82) is 0 Å². The molecule has 2 saturated carbocycles. The van der Waals surface area contributed by atoms with E-state index < -0.39 is 16.0 Å². The molecule has 5 atom stereocenters. The minimum absolute atomic E-state index is 0.0406. The van der Waals surface area contributed by atoms with Crippen molar-refractivity contribution in [2.75, 3.05) is 0 Å². The summed E-state index contributed by atoms with van der Waals surface area (Å²) >= 11 is 0. The fourth-order valence-electron chi connectivity index (χ4n) is 7.33. The third kappa shape index (κ3) is 3.73. The van der Waals surface area contributed by atoms with Crippen molar-refractivity contribution in [1.82, 2.24) is 0 Å². The molecule has 5 nitrogen and oxygen atoms in total. The number of fused-ring (bicyclic) bond motifs is 5. The molecular weight excluding hydrogens is 434 g/mol. The van der Waals surface area contributed by atoms with Gasteiger partial charge in [0.25, 0.3) is 0 Å². The summed E-state index contributed by atoms with van der Waals surface area (Å²) < 4.78 is 30.1. The van der Waals surface area contributed by atoms with Crippen LogP contribution in [-0.2, 0) is 21.2 Å². The van der Waals surface area contributed by atoms with E-state index in [9.17, 15) is 13.2 Å². The zero-order chi connectivity index (χ0) is 23.4. The number of hydrogen-bond acceptors (Lipinski definition) is 4. The Labute approximate surface area is 196 Å². The molecule has 0 aliphatic heterocycles. The largest absolute Gasteiger partial charge is 0.432 e. The van der Waals surface area contributed by atoms with Gasteiger partial charge in [0.05, 0.1) is 16.7 Å². The molecule has 5 rings (SSSR count). The summed E-state index contributed by atoms with van der Waals surface area (Å²) in [6, 6.07) is 13.5. The predicted octanol–water partition coefficient (Wildman–Crippen LogP) is 5.27. The van der Waals surface area contributed by atoms with Gasteiger partial charge in [0.15, 0.2) is 0 Å². The standard InChI is InChI=1S/C27H31NO4S/c1-3-32-26(29)22-9-6-10-24(33(28,30)31)25(22)18-15-23-21-12-11-17-7-4-5-8-19(17)20(21)13-14-27(23,2)16-18/h3-10,18,20-21,23H,1,11-16H2,2H3,(H2,28,30,31)/t18-,20?,21?,23?,27-/m1/s1. The number of sulfonamides is 1. The Kier molecular flexibility index (Phi) is 5.49. The molecule has 0 saturated heterocycles. The lowest BCUT2D eigenvalue weighted by molar-refractivity contribution is 0.0598. The highest BCUT2D eigenvalue weighted by molar-refractivity contribution is 7.89. The number of carbonyl (C=O) groups excluding carboxylic acids is 1. The highest BCUT2D eigenvalue weighted by atomic mass is 32.2. The van der Waals surface area contributed by atoms with Crippen LogP contribution < -0.4 is 5.14 Å². The van der Waals surface area contributed by atoms with Gasteiger partial charge in [-0.05, 0) is 96.4 Å². The molecule has 2 aromatic rings. The summed E-state index contributed by atoms with van der Waals surface area (Å²) in [5, 5.41) is 5.61. The topological polar surface area (TPSA) is 86.5 Å². The fraction of sp³-hybridized carbons (Fsp3) is 0.444. The third-order valence-electron chi connectivity index (χ3n) is 8.60. The van der Waals surface area contributed by atoms with Gasteiger partial charge >= 0.3 is 5.97 Å². The maximum Gasteiger partial charge on any atom is 0.343 e. The van der Waals surface area contributed by atoms with Gasteiger partial charge in [-0.3, -0.25) is 0 Å². The first kappa shape index (κ1) is 22.4. The molecule has 2 aromatic carbocycles. The van der Waals surface area contributed by atoms with Gasteiger partial charge < -0.3 is 4.74 Å². The molecule has 0 spiro atoms. The van der Waals surface area contributed by atoms with Gasteiger partial charge in [0, 0.05) is 0 Å². The summed E-state index contributed by atoms with van der Waals surface area (Å²) in [5.41, 5.74) is 3.89. The van der Waals surface area contributed by atoms with Crippen molar-refractivity contribution in [3.8, 4) is 0 Å². The maximum atomic E-state index is 12.7. The van der Waals surface area contributed by atoms with E-state index in [1.807, 2.05) is 0 Å². The molecule has 3 aliphatic rings. The Bertz CT molecular complexity index is 1220. The summed E-state index contributed by atoms with van der Waals surface area (Å²) in [6.07, 6.45) is 7.31. The van der Waals surface area contributed by atoms with E-state index >= 15 is 0 Å². The van der Waals surface area contributed by atoms with E-state index in [1.165, 1.54) is 17.2 Å². The van der Waals surface area contributed by atoms with Crippen molar-refractivity contribution >= 4 is 16.0 Å². The number of nitrogens with two attached hydrogens (primary N) is 1. The van der Waals surface area contributed by atoms with Crippen LogP contribution in [0.3, 0.4) is 0 Å². The van der Waals surface area contributed by atoms with Gasteiger partial charge in [-0.15, -0.1) is 0 Å². The fourth-order valence-corrected chi connectivity index (χ4v) is 8.18. The summed E-state index contributed by atoms with van der Waals surface area (Å²) in [5.74, 6) is 0.971. The average molecular weight is 466 g/mol. The Morgan fingerprint density at radius 3 is 2.73 bits per heavy atom. The monoisotopic (exact) mass is 465 g/mol. The van der Waals surface area contributed by atoms with Crippen LogP contribution in [0.1, 0.15) is 77.9 Å². The number of rotatable bonds is 4. The van der Waals surface area contributed by atoms with Gasteiger partial charge in [0.1, 0.15) is 0 Å². The van der Waals surface area contributed by atoms with Crippen LogP contribution in [0.5, 0.6) is 0 Å². The Morgan fingerprint density at radius 1 is 1.18 bits per heavy atom. The van der Waals surface area contributed by atoms with Gasteiger partial charge in [-0.2, -0.15) is 0 Å². The van der Waals surface area contributed by atoms with Crippen molar-refractivity contribution < 1.29 is 17.9 Å². The number of benzene rings is 2. The zero-order valence-corrected chi connectivity index (χ0v) is 19.8. The van der Waals surface area contributed by atoms with E-state index in [2.05, 4.69) is 37.8 Å². The van der Waals surface area contributed by atoms with Gasteiger partial charge in [-0.1, -0.05) is 43.8 Å². The molecule has 174 valence electrons. The second kappa shape index (κ2) is 8.10. The number of esters is 1. The molecule has 0 amide bonds. The van der Waals surface area contributed by atoms with Crippen LogP contribution >= 0.6 is 0 Å². The molecule has 0 radical (unpaired) electrons. The molecule has 3 unspecified atom stereocenters. The predicted molar refractivity (Wildman–Crippen MR) is 127 cm³/mol. The molecule has 0 bridgehead atoms. The lowest BCUT2D eigenvalue weighted by Crippen LogP contribution is -2.39. The number of hydrogen-bond donors (Lipinski definition) is 1. The van der Waals surface area contributed by atoms with Gasteiger partial charge in [-0.25, -0.2) is 18.4 Å². The van der Waals surface area contributed by atoms with Crippen LogP contribution in [0.25, 0.3) is 0 Å². The number of ether oxygens (including phenoxy) is 1. The SMILES string of the molecule is C=COC(=O)c1cccc(S(N)(=O)=O)c1[C@@H]1CC2C3CCc4ccccc4C3CC[C@]2(C)C1. The normalized spacial score (nSPS) is 30.6. The molecular formula is C27H31NO4S. The van der Waals surface area contributed by atoms with E-state index in [0.717, 1.165) is 44.8 Å². The first-order valence-corrected chi connectivity index (χ1v) is 13.3. The van der Waals surface area contributed by atoms with Crippen LogP contribution in [0, 0.1) is 17.3 Å². The van der Waals surface area contributed by atoms with Crippen LogP contribution in [0.4, 0.5) is 0 Å². The quantitative estimate of drug-likeness (QED) is 0.492. The van der Waals surface area contributed by atoms with Crippen molar-refractivity contribution in [3.05, 3.63) is 77.6 Å². The van der Waals surface area contributed by atoms with Gasteiger partial charge in [0.2, 0.25) is 10.0 Å². The average Bonchev–Trinajstić information content (AvgIpc) is 3.15. The second-order valence-electron chi connectivity index (χ2n) is 10.3. The van der Waals surface area contributed by atoms with Crippen molar-refractivity contribution in [2.24, 2.45) is 22.4 Å². The smallest absolute Gasteiger partial charge is 0.343 e. The number of primary sulfonamides is 1. The second-order valence-corrected chi connectivity index (χ2v) is 11.8. The van der Waals surface area contributed by atoms with E-state index in [0.29, 0.717) is 23.3 Å². The first-order valence-electron chi connectivity index (χ1n) is 11.8. The third-order valence-corrected chi connectivity index (χ3v) is 9.57. The molecule has 2 N–H and O–H groups in total. The summed E-state index contributed by atoms with van der Waals surface area (Å²) in [6.45, 7) is 5.83. The number of aryl methyl sites for hydroxylation is 1. The Balaban J connectivity index is 1.55. The van der Waals surface area contributed by atoms with E-state index in [-0.39, 0.29) is 21.8 Å². The molecule has 0 aromatic heterocycles. The minimum Gasteiger partial charge on any atom is -0.432 e. The van der Waals surface area contributed by atoms with Crippen molar-refractivity contribution in [2.45, 2.75) is 62.2 Å². The van der Waals surface area contributed by atoms with Crippen LogP contribution in [0.15, 0.2) is 60.2 Å². The zero-order valence-electron chi connectivity index (χ0n) is 19.0. The molecule has 6 heteroatoms. The van der Waals surface area contributed by atoms with Crippen LogP contribution in [-0.4, -0.2) is 14.4 Å². The summed E-state index contributed by atoms with van der Waals surface area (Å²) in [4.78, 5) is 12.8. The highest BCUT2D eigenvalue weighted by Gasteiger charge is 2.54. The van der Waals surface area contributed by atoms with Crippen molar-refractivity contribution in [3.63, 3.8) is 0 Å². The minimum atomic E-state index is -3.99. The molecule has 33 heavy (non-hydrogen) atoms.